The molecule has 1 aromatic rings. The molecule has 2 rings (SSSR count). The molecule has 1 saturated heterocycles. The summed E-state index contributed by atoms with van der Waals surface area (Å²) in [6.45, 7) is 1.93. The summed E-state index contributed by atoms with van der Waals surface area (Å²) >= 11 is 0. The van der Waals surface area contributed by atoms with Gasteiger partial charge < -0.3 is 9.47 Å². The Balaban J connectivity index is 2.06. The van der Waals surface area contributed by atoms with Crippen molar-refractivity contribution in [1.29, 1.82) is 0 Å². The molecule has 1 unspecified atom stereocenters. The van der Waals surface area contributed by atoms with Crippen molar-refractivity contribution in [2.45, 2.75) is 13.0 Å². The molecule has 0 saturated carbocycles. The number of benzene rings is 1. The van der Waals surface area contributed by atoms with Crippen LogP contribution < -0.4 is 4.74 Å². The van der Waals surface area contributed by atoms with Crippen LogP contribution in [0.2, 0.25) is 0 Å². The van der Waals surface area contributed by atoms with Crippen LogP contribution in [0.5, 0.6) is 5.75 Å². The highest BCUT2D eigenvalue weighted by molar-refractivity contribution is 5.90. The first kappa shape index (κ1) is 10.5. The van der Waals surface area contributed by atoms with E-state index in [1.54, 1.807) is 31.2 Å². The number of carbonyl (C=O) groups is 2. The zero-order valence-corrected chi connectivity index (χ0v) is 8.75. The third-order valence-corrected chi connectivity index (χ3v) is 2.23. The average Bonchev–Trinajstić information content (AvgIpc) is 2.60. The van der Waals surface area contributed by atoms with Gasteiger partial charge in [-0.3, -0.25) is 0 Å². The number of para-hydroxylation sites is 1. The Morgan fingerprint density at radius 1 is 1.44 bits per heavy atom. The molecule has 0 bridgehead atoms. The molecule has 1 aliphatic rings. The summed E-state index contributed by atoms with van der Waals surface area (Å²) in [6.07, 6.45) is -1.37. The van der Waals surface area contributed by atoms with Gasteiger partial charge in [0, 0.05) is 0 Å². The van der Waals surface area contributed by atoms with Crippen LogP contribution in [-0.2, 0) is 4.74 Å². The van der Waals surface area contributed by atoms with E-state index in [4.69, 9.17) is 9.47 Å². The molecule has 1 fully saturated rings. The molecule has 2 amide bonds. The molecule has 1 aliphatic heterocycles. The lowest BCUT2D eigenvalue weighted by Crippen LogP contribution is -2.39. The van der Waals surface area contributed by atoms with Crippen molar-refractivity contribution in [3.05, 3.63) is 30.3 Å². The van der Waals surface area contributed by atoms with E-state index in [0.717, 1.165) is 4.90 Å². The first-order valence-corrected chi connectivity index (χ1v) is 4.91. The monoisotopic (exact) mass is 221 g/mol. The molecule has 5 heteroatoms. The van der Waals surface area contributed by atoms with Gasteiger partial charge >= 0.3 is 12.2 Å². The summed E-state index contributed by atoms with van der Waals surface area (Å²) < 4.78 is 9.75. The first-order chi connectivity index (χ1) is 7.68. The zero-order valence-electron chi connectivity index (χ0n) is 8.75. The molecule has 1 aromatic carbocycles. The van der Waals surface area contributed by atoms with Crippen molar-refractivity contribution in [3.63, 3.8) is 0 Å². The van der Waals surface area contributed by atoms with Gasteiger partial charge in [0.15, 0.2) is 0 Å². The second-order valence-electron chi connectivity index (χ2n) is 3.48. The van der Waals surface area contributed by atoms with E-state index in [1.165, 1.54) is 0 Å². The molecule has 5 nitrogen and oxygen atoms in total. The third-order valence-electron chi connectivity index (χ3n) is 2.23. The highest BCUT2D eigenvalue weighted by Gasteiger charge is 2.36. The van der Waals surface area contributed by atoms with Crippen molar-refractivity contribution in [2.24, 2.45) is 0 Å². The van der Waals surface area contributed by atoms with Crippen LogP contribution >= 0.6 is 0 Å². The maximum atomic E-state index is 11.6. The van der Waals surface area contributed by atoms with E-state index in [0.29, 0.717) is 5.75 Å². The van der Waals surface area contributed by atoms with Gasteiger partial charge in [-0.15, -0.1) is 0 Å². The van der Waals surface area contributed by atoms with Crippen LogP contribution in [0.1, 0.15) is 6.92 Å². The number of cyclic esters (lactones) is 1. The fraction of sp³-hybridized carbons (Fsp3) is 0.273. The van der Waals surface area contributed by atoms with Gasteiger partial charge in [-0.1, -0.05) is 18.2 Å². The topological polar surface area (TPSA) is 55.8 Å². The van der Waals surface area contributed by atoms with Crippen molar-refractivity contribution in [1.82, 2.24) is 4.90 Å². The Morgan fingerprint density at radius 2 is 2.12 bits per heavy atom. The number of imide groups is 1. The minimum atomic E-state index is -0.707. The second kappa shape index (κ2) is 4.22. The molecule has 84 valence electrons. The lowest BCUT2D eigenvalue weighted by Gasteiger charge is -2.15. The van der Waals surface area contributed by atoms with Crippen LogP contribution in [0.3, 0.4) is 0 Å². The number of amides is 2. The molecule has 0 N–H and O–H groups in total. The maximum absolute atomic E-state index is 11.6. The summed E-state index contributed by atoms with van der Waals surface area (Å²) in [7, 11) is 0. The molecule has 1 atom stereocenters. The molecule has 0 radical (unpaired) electrons. The molecule has 16 heavy (non-hydrogen) atoms. The van der Waals surface area contributed by atoms with Gasteiger partial charge in [-0.05, 0) is 19.1 Å². The standard InChI is InChI=1S/C11H11NO4/c1-8-7-15-10(13)12(8)11(14)16-9-5-3-2-4-6-9/h2-6,8H,7H2,1H3. The fourth-order valence-corrected chi connectivity index (χ4v) is 1.41. The molecule has 0 aromatic heterocycles. The normalized spacial score (nSPS) is 19.4. The van der Waals surface area contributed by atoms with Crippen molar-refractivity contribution < 1.29 is 19.1 Å². The Hall–Kier alpha value is -2.04. The van der Waals surface area contributed by atoms with Crippen LogP contribution in [0.4, 0.5) is 9.59 Å². The number of ether oxygens (including phenoxy) is 2. The van der Waals surface area contributed by atoms with Crippen LogP contribution in [-0.4, -0.2) is 29.7 Å². The molecular weight excluding hydrogens is 210 g/mol. The number of nitrogens with zero attached hydrogens (tertiary/aromatic N) is 1. The zero-order chi connectivity index (χ0) is 11.5. The quantitative estimate of drug-likeness (QED) is 0.728. The molecule has 0 spiro atoms. The van der Waals surface area contributed by atoms with Crippen LogP contribution in [0, 0.1) is 0 Å². The minimum absolute atomic E-state index is 0.211. The van der Waals surface area contributed by atoms with Gasteiger partial charge in [-0.2, -0.15) is 0 Å². The number of rotatable bonds is 1. The molecule has 0 aliphatic carbocycles. The van der Waals surface area contributed by atoms with E-state index >= 15 is 0 Å². The Kier molecular flexibility index (Phi) is 2.76. The minimum Gasteiger partial charge on any atom is -0.447 e. The van der Waals surface area contributed by atoms with Crippen LogP contribution in [0.25, 0.3) is 0 Å². The summed E-state index contributed by atoms with van der Waals surface area (Å²) in [5, 5.41) is 0. The summed E-state index contributed by atoms with van der Waals surface area (Å²) in [4.78, 5) is 23.8. The average molecular weight is 221 g/mol. The fourth-order valence-electron chi connectivity index (χ4n) is 1.41. The van der Waals surface area contributed by atoms with Crippen LogP contribution in [0.15, 0.2) is 30.3 Å². The van der Waals surface area contributed by atoms with E-state index in [1.807, 2.05) is 6.07 Å². The second-order valence-corrected chi connectivity index (χ2v) is 3.48. The van der Waals surface area contributed by atoms with E-state index in [9.17, 15) is 9.59 Å². The van der Waals surface area contributed by atoms with Crippen molar-refractivity contribution in [3.8, 4) is 5.75 Å². The summed E-state index contributed by atoms with van der Waals surface area (Å²) in [6, 6.07) is 8.30. The maximum Gasteiger partial charge on any atom is 0.425 e. The van der Waals surface area contributed by atoms with Gasteiger partial charge in [0.05, 0.1) is 6.04 Å². The Morgan fingerprint density at radius 3 is 2.69 bits per heavy atom. The van der Waals surface area contributed by atoms with Gasteiger partial charge in [0.25, 0.3) is 0 Å². The smallest absolute Gasteiger partial charge is 0.425 e. The molecular formula is C11H11NO4. The van der Waals surface area contributed by atoms with Gasteiger partial charge in [0.2, 0.25) is 0 Å². The van der Waals surface area contributed by atoms with Gasteiger partial charge in [-0.25, -0.2) is 14.5 Å². The van der Waals surface area contributed by atoms with E-state index in [-0.39, 0.29) is 12.6 Å². The van der Waals surface area contributed by atoms with Gasteiger partial charge in [0.1, 0.15) is 12.4 Å². The number of carbonyl (C=O) groups excluding carboxylic acids is 2. The third kappa shape index (κ3) is 1.98. The predicted molar refractivity (Wildman–Crippen MR) is 55.1 cm³/mol. The first-order valence-electron chi connectivity index (χ1n) is 4.91. The summed E-state index contributed by atoms with van der Waals surface area (Å²) in [5.41, 5.74) is 0. The van der Waals surface area contributed by atoms with E-state index in [2.05, 4.69) is 0 Å². The van der Waals surface area contributed by atoms with Crippen molar-refractivity contribution in [2.75, 3.05) is 6.61 Å². The SMILES string of the molecule is CC1COC(=O)N1C(=O)Oc1ccccc1. The highest BCUT2D eigenvalue weighted by atomic mass is 16.6. The lowest BCUT2D eigenvalue weighted by molar-refractivity contribution is 0.140. The number of hydrogen-bond donors (Lipinski definition) is 0. The van der Waals surface area contributed by atoms with Crippen molar-refractivity contribution >= 4 is 12.2 Å². The molecule has 1 heterocycles. The Bertz CT molecular complexity index is 404. The largest absolute Gasteiger partial charge is 0.447 e. The lowest BCUT2D eigenvalue weighted by atomic mass is 10.3. The van der Waals surface area contributed by atoms with E-state index < -0.39 is 12.2 Å². The highest BCUT2D eigenvalue weighted by Crippen LogP contribution is 2.16. The predicted octanol–water partition coefficient (Wildman–Crippen LogP) is 2.03. The Labute approximate surface area is 92.6 Å². The summed E-state index contributed by atoms with van der Waals surface area (Å²) in [5.74, 6) is 0.402. The number of hydrogen-bond acceptors (Lipinski definition) is 4.